The molecule has 3 rings (SSSR count). The normalized spacial score (nSPS) is 10.9. The summed E-state index contributed by atoms with van der Waals surface area (Å²) in [6.45, 7) is 0. The van der Waals surface area contributed by atoms with Gasteiger partial charge in [0.05, 0.1) is 27.5 Å². The molecule has 0 radical (unpaired) electrons. The first-order valence-electron chi connectivity index (χ1n) is 8.72. The lowest BCUT2D eigenvalue weighted by Gasteiger charge is -2.11. The maximum Gasteiger partial charge on any atom is 0.292 e. The summed E-state index contributed by atoms with van der Waals surface area (Å²) in [5, 5.41) is 13.5. The first kappa shape index (κ1) is 22.1. The van der Waals surface area contributed by atoms with Gasteiger partial charge in [-0.25, -0.2) is 8.42 Å². The van der Waals surface area contributed by atoms with Crippen LogP contribution in [0.3, 0.4) is 0 Å². The summed E-state index contributed by atoms with van der Waals surface area (Å²) < 4.78 is 32.9. The molecule has 3 aromatic rings. The average molecular weight is 462 g/mol. The van der Waals surface area contributed by atoms with E-state index in [1.54, 1.807) is 12.1 Å². The van der Waals surface area contributed by atoms with Crippen molar-refractivity contribution in [1.29, 1.82) is 0 Å². The zero-order valence-electron chi connectivity index (χ0n) is 16.0. The molecule has 0 spiro atoms. The molecule has 2 N–H and O–H groups in total. The molecule has 1 amide bonds. The van der Waals surface area contributed by atoms with Gasteiger partial charge in [0.2, 0.25) is 0 Å². The number of hydrogen-bond donors (Lipinski definition) is 2. The van der Waals surface area contributed by atoms with Gasteiger partial charge >= 0.3 is 0 Å². The molecule has 0 bridgehead atoms. The van der Waals surface area contributed by atoms with E-state index in [0.29, 0.717) is 11.4 Å². The number of nitrogens with one attached hydrogen (secondary N) is 2. The van der Waals surface area contributed by atoms with Crippen LogP contribution >= 0.6 is 11.6 Å². The largest absolute Gasteiger partial charge is 0.497 e. The van der Waals surface area contributed by atoms with Crippen LogP contribution in [0.2, 0.25) is 5.02 Å². The fraction of sp³-hybridized carbons (Fsp3) is 0.0500. The number of rotatable bonds is 7. The molecule has 0 fully saturated rings. The number of halogens is 1. The number of nitro benzene ring substituents is 1. The standard InChI is InChI=1S/C20H16ClN3O6S/c1-30-14-8-6-13(7-9-14)23-31(28,29)15-10-11-17(21)16(12-15)20(25)22-18-4-2-3-5-19(18)24(26)27/h2-12,23H,1H3,(H,22,25). The van der Waals surface area contributed by atoms with Crippen LogP contribution < -0.4 is 14.8 Å². The molecule has 0 atom stereocenters. The van der Waals surface area contributed by atoms with Gasteiger partial charge in [-0.05, 0) is 48.5 Å². The Balaban J connectivity index is 1.88. The Hall–Kier alpha value is -3.63. The number of hydrogen-bond acceptors (Lipinski definition) is 6. The fourth-order valence-electron chi connectivity index (χ4n) is 2.65. The molecule has 0 unspecified atom stereocenters. The predicted octanol–water partition coefficient (Wildman–Crippen LogP) is 4.31. The summed E-state index contributed by atoms with van der Waals surface area (Å²) >= 11 is 6.08. The number of para-hydroxylation sites is 2. The second-order valence-electron chi connectivity index (χ2n) is 6.20. The zero-order chi connectivity index (χ0) is 22.6. The first-order chi connectivity index (χ1) is 14.7. The highest BCUT2D eigenvalue weighted by atomic mass is 35.5. The molecule has 9 nitrogen and oxygen atoms in total. The number of nitro groups is 1. The molecule has 11 heteroatoms. The Morgan fingerprint density at radius 1 is 1.06 bits per heavy atom. The van der Waals surface area contributed by atoms with E-state index in [9.17, 15) is 23.3 Å². The van der Waals surface area contributed by atoms with Gasteiger partial charge in [0.15, 0.2) is 0 Å². The van der Waals surface area contributed by atoms with Crippen molar-refractivity contribution in [3.63, 3.8) is 0 Å². The van der Waals surface area contributed by atoms with Crippen LogP contribution in [0.25, 0.3) is 0 Å². The number of anilines is 2. The third-order valence-electron chi connectivity index (χ3n) is 4.18. The molecule has 160 valence electrons. The number of sulfonamides is 1. The van der Waals surface area contributed by atoms with E-state index in [0.717, 1.165) is 6.07 Å². The number of amides is 1. The number of methoxy groups -OCH3 is 1. The van der Waals surface area contributed by atoms with Crippen LogP contribution in [0.15, 0.2) is 71.6 Å². The third-order valence-corrected chi connectivity index (χ3v) is 5.89. The lowest BCUT2D eigenvalue weighted by molar-refractivity contribution is -0.383. The Kier molecular flexibility index (Phi) is 6.42. The Bertz CT molecular complexity index is 1250. The Labute approximate surface area is 182 Å². The van der Waals surface area contributed by atoms with Gasteiger partial charge in [-0.15, -0.1) is 0 Å². The van der Waals surface area contributed by atoms with Crippen molar-refractivity contribution in [2.75, 3.05) is 17.1 Å². The van der Waals surface area contributed by atoms with E-state index in [1.165, 1.54) is 55.6 Å². The summed E-state index contributed by atoms with van der Waals surface area (Å²) in [7, 11) is -2.55. The van der Waals surface area contributed by atoms with Gasteiger partial charge in [-0.3, -0.25) is 19.6 Å². The Morgan fingerprint density at radius 3 is 2.39 bits per heavy atom. The highest BCUT2D eigenvalue weighted by Crippen LogP contribution is 2.27. The summed E-state index contributed by atoms with van der Waals surface area (Å²) in [4.78, 5) is 23.0. The number of ether oxygens (including phenoxy) is 1. The molecular weight excluding hydrogens is 446 g/mol. The maximum atomic E-state index is 12.7. The molecule has 0 saturated heterocycles. The van der Waals surface area contributed by atoms with Crippen LogP contribution in [-0.2, 0) is 10.0 Å². The zero-order valence-corrected chi connectivity index (χ0v) is 17.6. The van der Waals surface area contributed by atoms with E-state index in [1.807, 2.05) is 0 Å². The van der Waals surface area contributed by atoms with Gasteiger partial charge in [-0.2, -0.15) is 0 Å². The maximum absolute atomic E-state index is 12.7. The van der Waals surface area contributed by atoms with Gasteiger partial charge in [0.1, 0.15) is 11.4 Å². The Morgan fingerprint density at radius 2 is 1.74 bits per heavy atom. The van der Waals surface area contributed by atoms with Gasteiger partial charge in [-0.1, -0.05) is 23.7 Å². The van der Waals surface area contributed by atoms with Gasteiger partial charge in [0.25, 0.3) is 21.6 Å². The SMILES string of the molecule is COc1ccc(NS(=O)(=O)c2ccc(Cl)c(C(=O)Nc3ccccc3[N+](=O)[O-])c2)cc1. The fourth-order valence-corrected chi connectivity index (χ4v) is 3.93. The van der Waals surface area contributed by atoms with Gasteiger partial charge < -0.3 is 10.1 Å². The van der Waals surface area contributed by atoms with Gasteiger partial charge in [0, 0.05) is 11.8 Å². The van der Waals surface area contributed by atoms with Crippen LogP contribution in [-0.4, -0.2) is 26.4 Å². The minimum atomic E-state index is -4.04. The number of carbonyl (C=O) groups is 1. The van der Waals surface area contributed by atoms with E-state index in [-0.39, 0.29) is 26.9 Å². The molecule has 0 aliphatic carbocycles. The number of carbonyl (C=O) groups excluding carboxylic acids is 1. The minimum Gasteiger partial charge on any atom is -0.497 e. The molecule has 0 aliphatic heterocycles. The summed E-state index contributed by atoms with van der Waals surface area (Å²) in [5.74, 6) is -0.232. The number of nitrogens with zero attached hydrogens (tertiary/aromatic N) is 1. The summed E-state index contributed by atoms with van der Waals surface area (Å²) in [6, 6.07) is 15.4. The molecular formula is C20H16ClN3O6S. The van der Waals surface area contributed by atoms with Crippen molar-refractivity contribution in [3.8, 4) is 5.75 Å². The van der Waals surface area contributed by atoms with Crippen molar-refractivity contribution in [3.05, 3.63) is 87.4 Å². The van der Waals surface area contributed by atoms with Crippen LogP contribution in [0.1, 0.15) is 10.4 Å². The second-order valence-corrected chi connectivity index (χ2v) is 8.29. The van der Waals surface area contributed by atoms with E-state index in [2.05, 4.69) is 10.0 Å². The third kappa shape index (κ3) is 5.11. The highest BCUT2D eigenvalue weighted by Gasteiger charge is 2.21. The summed E-state index contributed by atoms with van der Waals surface area (Å²) in [6.07, 6.45) is 0. The van der Waals surface area contributed by atoms with E-state index in [4.69, 9.17) is 16.3 Å². The molecule has 31 heavy (non-hydrogen) atoms. The van der Waals surface area contributed by atoms with Crippen molar-refractivity contribution >= 4 is 44.6 Å². The highest BCUT2D eigenvalue weighted by molar-refractivity contribution is 7.92. The quantitative estimate of drug-likeness (QED) is 0.398. The summed E-state index contributed by atoms with van der Waals surface area (Å²) in [5.41, 5.74) is -0.214. The topological polar surface area (TPSA) is 128 Å². The molecule has 0 saturated carbocycles. The predicted molar refractivity (Wildman–Crippen MR) is 116 cm³/mol. The van der Waals surface area contributed by atoms with Crippen molar-refractivity contribution < 1.29 is 22.9 Å². The second kappa shape index (κ2) is 9.02. The van der Waals surface area contributed by atoms with Crippen LogP contribution in [0.4, 0.5) is 17.1 Å². The van der Waals surface area contributed by atoms with Crippen LogP contribution in [0.5, 0.6) is 5.75 Å². The average Bonchev–Trinajstić information content (AvgIpc) is 2.74. The monoisotopic (exact) mass is 461 g/mol. The van der Waals surface area contributed by atoms with Crippen LogP contribution in [0, 0.1) is 10.1 Å². The van der Waals surface area contributed by atoms with Crippen molar-refractivity contribution in [2.24, 2.45) is 0 Å². The smallest absolute Gasteiger partial charge is 0.292 e. The molecule has 0 aliphatic rings. The van der Waals surface area contributed by atoms with Crippen molar-refractivity contribution in [1.82, 2.24) is 0 Å². The molecule has 0 heterocycles. The lowest BCUT2D eigenvalue weighted by atomic mass is 10.2. The van der Waals surface area contributed by atoms with E-state index >= 15 is 0 Å². The first-order valence-corrected chi connectivity index (χ1v) is 10.6. The minimum absolute atomic E-state index is 0.0144. The lowest BCUT2D eigenvalue weighted by Crippen LogP contribution is -2.17. The van der Waals surface area contributed by atoms with E-state index < -0.39 is 20.9 Å². The number of benzene rings is 3. The molecule has 3 aromatic carbocycles. The molecule has 0 aromatic heterocycles. The van der Waals surface area contributed by atoms with Crippen molar-refractivity contribution in [2.45, 2.75) is 4.90 Å².